The van der Waals surface area contributed by atoms with Crippen molar-refractivity contribution in [3.8, 4) is 17.2 Å². The van der Waals surface area contributed by atoms with Crippen molar-refractivity contribution in [2.45, 2.75) is 51.1 Å². The van der Waals surface area contributed by atoms with Gasteiger partial charge in [-0.3, -0.25) is 4.79 Å². The molecular formula is C22H21F6N3O4S. The number of alkyl halides is 6. The molecule has 2 aromatic carbocycles. The number of nitrogens with one attached hydrogen (secondary N) is 3. The van der Waals surface area contributed by atoms with Crippen LogP contribution in [-0.2, 0) is 4.79 Å². The van der Waals surface area contributed by atoms with Crippen molar-refractivity contribution >= 4 is 34.6 Å². The second kappa shape index (κ2) is 11.1. The van der Waals surface area contributed by atoms with Gasteiger partial charge in [0, 0.05) is 37.2 Å². The first kappa shape index (κ1) is 27.2. The number of anilines is 2. The monoisotopic (exact) mass is 537 g/mol. The zero-order valence-electron chi connectivity index (χ0n) is 18.6. The third-order valence-electron chi connectivity index (χ3n) is 4.83. The van der Waals surface area contributed by atoms with Crippen LogP contribution in [0.1, 0.15) is 26.2 Å². The van der Waals surface area contributed by atoms with E-state index in [9.17, 15) is 31.1 Å². The zero-order chi connectivity index (χ0) is 26.5. The van der Waals surface area contributed by atoms with E-state index in [1.165, 1.54) is 25.1 Å². The molecule has 3 rings (SSSR count). The van der Waals surface area contributed by atoms with E-state index in [1.807, 2.05) is 0 Å². The van der Waals surface area contributed by atoms with E-state index in [1.54, 1.807) is 0 Å². The number of hydrogen-bond donors (Lipinski definition) is 3. The molecule has 1 aliphatic carbocycles. The van der Waals surface area contributed by atoms with Crippen LogP contribution in [0.15, 0.2) is 42.5 Å². The lowest BCUT2D eigenvalue weighted by molar-refractivity contribution is -0.275. The van der Waals surface area contributed by atoms with Gasteiger partial charge in [-0.05, 0) is 49.3 Å². The lowest BCUT2D eigenvalue weighted by atomic mass is 10.2. The molecule has 3 N–H and O–H groups in total. The van der Waals surface area contributed by atoms with Crippen LogP contribution in [0.3, 0.4) is 0 Å². The van der Waals surface area contributed by atoms with Gasteiger partial charge in [-0.1, -0.05) is 6.07 Å². The smallest absolute Gasteiger partial charge is 0.488 e. The predicted molar refractivity (Wildman–Crippen MR) is 122 cm³/mol. The summed E-state index contributed by atoms with van der Waals surface area (Å²) >= 11 is 5.24. The van der Waals surface area contributed by atoms with Gasteiger partial charge in [-0.15, -0.1) is 26.3 Å². The Hall–Kier alpha value is -3.42. The summed E-state index contributed by atoms with van der Waals surface area (Å²) in [7, 11) is 0. The van der Waals surface area contributed by atoms with Gasteiger partial charge in [0.05, 0.1) is 5.69 Å². The molecule has 0 aromatic heterocycles. The van der Waals surface area contributed by atoms with Crippen LogP contribution in [0, 0.1) is 0 Å². The molecule has 0 spiro atoms. The van der Waals surface area contributed by atoms with Gasteiger partial charge < -0.3 is 30.2 Å². The fraction of sp³-hybridized carbons (Fsp3) is 0.364. The molecule has 0 heterocycles. The lowest BCUT2D eigenvalue weighted by Crippen LogP contribution is -2.36. The average molecular weight is 537 g/mol. The predicted octanol–water partition coefficient (Wildman–Crippen LogP) is 5.73. The largest absolute Gasteiger partial charge is 0.573 e. The number of hydrogen-bond acceptors (Lipinski definition) is 5. The van der Waals surface area contributed by atoms with Gasteiger partial charge in [0.15, 0.2) is 5.11 Å². The number of carbonyl (C=O) groups excluding carboxylic acids is 1. The minimum Gasteiger partial charge on any atom is -0.488 e. The molecule has 2 atom stereocenters. The first-order valence-electron chi connectivity index (χ1n) is 10.5. The molecule has 1 saturated carbocycles. The highest BCUT2D eigenvalue weighted by Gasteiger charge is 2.32. The van der Waals surface area contributed by atoms with Crippen LogP contribution in [0.25, 0.3) is 0 Å². The molecule has 0 aliphatic heterocycles. The molecule has 0 bridgehead atoms. The van der Waals surface area contributed by atoms with Crippen molar-refractivity contribution in [2.24, 2.45) is 0 Å². The Labute approximate surface area is 207 Å². The summed E-state index contributed by atoms with van der Waals surface area (Å²) in [5.74, 6) is -1.24. The number of ether oxygens (including phenoxy) is 3. The molecule has 2 aromatic rings. The van der Waals surface area contributed by atoms with Crippen molar-refractivity contribution in [1.82, 2.24) is 5.32 Å². The Morgan fingerprint density at radius 1 is 0.944 bits per heavy atom. The number of amides is 1. The van der Waals surface area contributed by atoms with Crippen molar-refractivity contribution < 1.29 is 45.3 Å². The van der Waals surface area contributed by atoms with Crippen LogP contribution in [-0.4, -0.2) is 35.9 Å². The molecule has 2 unspecified atom stereocenters. The summed E-state index contributed by atoms with van der Waals surface area (Å²) in [6, 6.07) is 8.44. The van der Waals surface area contributed by atoms with Crippen LogP contribution >= 0.6 is 12.2 Å². The van der Waals surface area contributed by atoms with Crippen LogP contribution in [0.2, 0.25) is 0 Å². The highest BCUT2D eigenvalue weighted by Crippen LogP contribution is 2.35. The maximum absolute atomic E-state index is 12.5. The van der Waals surface area contributed by atoms with E-state index in [-0.39, 0.29) is 28.7 Å². The molecule has 1 amide bonds. The Kier molecular flexibility index (Phi) is 8.38. The number of thiocarbonyl (C=S) groups is 1. The quantitative estimate of drug-likeness (QED) is 0.308. The Bertz CT molecular complexity index is 1100. The Balaban J connectivity index is 1.57. The second-order valence-electron chi connectivity index (χ2n) is 7.81. The molecule has 14 heteroatoms. The van der Waals surface area contributed by atoms with E-state index < -0.39 is 30.1 Å². The molecular weight excluding hydrogens is 516 g/mol. The van der Waals surface area contributed by atoms with Gasteiger partial charge in [-0.2, -0.15) is 0 Å². The molecule has 196 valence electrons. The summed E-state index contributed by atoms with van der Waals surface area (Å²) in [6.07, 6.45) is -8.36. The molecule has 0 saturated heterocycles. The second-order valence-corrected chi connectivity index (χ2v) is 8.22. The average Bonchev–Trinajstić information content (AvgIpc) is 3.14. The highest BCUT2D eigenvalue weighted by atomic mass is 32.1. The molecule has 1 fully saturated rings. The van der Waals surface area contributed by atoms with Gasteiger partial charge in [0.2, 0.25) is 5.91 Å². The fourth-order valence-electron chi connectivity index (χ4n) is 3.58. The van der Waals surface area contributed by atoms with Gasteiger partial charge in [0.1, 0.15) is 23.4 Å². The lowest BCUT2D eigenvalue weighted by Gasteiger charge is -2.19. The van der Waals surface area contributed by atoms with E-state index in [0.29, 0.717) is 24.9 Å². The number of halogens is 6. The van der Waals surface area contributed by atoms with Gasteiger partial charge in [-0.25, -0.2) is 0 Å². The molecule has 1 aliphatic rings. The number of rotatable bonds is 7. The SMILES string of the molecule is CC(=O)Nc1cc(OC(F)(F)F)ccc1OC1CCC(NC(=S)Nc2cccc(OC(F)(F)F)c2)C1. The standard InChI is InChI=1S/C22H21F6N3O4S/c1-12(32)29-18-11-17(35-22(26,27)28)7-8-19(18)33-15-6-5-14(9-15)31-20(36)30-13-3-2-4-16(10-13)34-21(23,24)25/h2-4,7-8,10-11,14-15H,5-6,9H2,1H3,(H,29,32)(H2,30,31,36). The normalized spacial score (nSPS) is 17.8. The molecule has 36 heavy (non-hydrogen) atoms. The third kappa shape index (κ3) is 8.98. The number of benzene rings is 2. The van der Waals surface area contributed by atoms with E-state index in [2.05, 4.69) is 25.4 Å². The Morgan fingerprint density at radius 3 is 2.25 bits per heavy atom. The highest BCUT2D eigenvalue weighted by molar-refractivity contribution is 7.80. The zero-order valence-corrected chi connectivity index (χ0v) is 19.4. The van der Waals surface area contributed by atoms with Crippen molar-refractivity contribution in [1.29, 1.82) is 0 Å². The van der Waals surface area contributed by atoms with Gasteiger partial charge in [0.25, 0.3) is 0 Å². The maximum atomic E-state index is 12.5. The number of carbonyl (C=O) groups is 1. The fourth-order valence-corrected chi connectivity index (χ4v) is 3.86. The van der Waals surface area contributed by atoms with Crippen molar-refractivity contribution in [2.75, 3.05) is 10.6 Å². The van der Waals surface area contributed by atoms with Gasteiger partial charge >= 0.3 is 12.7 Å². The Morgan fingerprint density at radius 2 is 1.61 bits per heavy atom. The summed E-state index contributed by atoms with van der Waals surface area (Å²) in [5.41, 5.74) is 0.319. The molecule has 0 radical (unpaired) electrons. The van der Waals surface area contributed by atoms with E-state index in [4.69, 9.17) is 17.0 Å². The van der Waals surface area contributed by atoms with E-state index >= 15 is 0 Å². The third-order valence-corrected chi connectivity index (χ3v) is 5.05. The van der Waals surface area contributed by atoms with Crippen LogP contribution < -0.4 is 30.2 Å². The van der Waals surface area contributed by atoms with Crippen molar-refractivity contribution in [3.63, 3.8) is 0 Å². The minimum atomic E-state index is -4.89. The summed E-state index contributed by atoms with van der Waals surface area (Å²) in [5, 5.41) is 8.45. The minimum absolute atomic E-state index is 0.0267. The summed E-state index contributed by atoms with van der Waals surface area (Å²) in [6.45, 7) is 1.20. The van der Waals surface area contributed by atoms with Crippen LogP contribution in [0.4, 0.5) is 37.7 Å². The summed E-state index contributed by atoms with van der Waals surface area (Å²) in [4.78, 5) is 11.5. The molecule has 7 nitrogen and oxygen atoms in total. The maximum Gasteiger partial charge on any atom is 0.573 e. The summed E-state index contributed by atoms with van der Waals surface area (Å²) < 4.78 is 88.5. The van der Waals surface area contributed by atoms with Crippen molar-refractivity contribution in [3.05, 3.63) is 42.5 Å². The first-order valence-corrected chi connectivity index (χ1v) is 10.9. The van der Waals surface area contributed by atoms with Crippen LogP contribution in [0.5, 0.6) is 17.2 Å². The first-order chi connectivity index (χ1) is 16.8. The van der Waals surface area contributed by atoms with E-state index in [0.717, 1.165) is 24.3 Å². The topological polar surface area (TPSA) is 80.9 Å².